The van der Waals surface area contributed by atoms with Gasteiger partial charge in [0.2, 0.25) is 0 Å². The molecule has 0 aliphatic carbocycles. The Hall–Kier alpha value is -2.50. The molecule has 0 radical (unpaired) electrons. The zero-order valence-electron chi connectivity index (χ0n) is 15.4. The second-order valence-electron chi connectivity index (χ2n) is 6.25. The second-order valence-corrected chi connectivity index (χ2v) is 6.25. The Morgan fingerprint density at radius 3 is 2.37 bits per heavy atom. The van der Waals surface area contributed by atoms with Crippen LogP contribution in [-0.4, -0.2) is 12.8 Å². The molecular weight excluding hydrogens is 353 g/mol. The fourth-order valence-electron chi connectivity index (χ4n) is 2.52. The summed E-state index contributed by atoms with van der Waals surface area (Å²) in [5.74, 6) is 0.742. The van der Waals surface area contributed by atoms with E-state index in [9.17, 15) is 13.2 Å². The quantitative estimate of drug-likeness (QED) is 0.291. The van der Waals surface area contributed by atoms with Gasteiger partial charge in [0.1, 0.15) is 5.75 Å². The first-order valence-electron chi connectivity index (χ1n) is 9.19. The largest absolute Gasteiger partial charge is 0.493 e. The summed E-state index contributed by atoms with van der Waals surface area (Å²) in [5, 5.41) is 4.10. The third kappa shape index (κ3) is 7.33. The van der Waals surface area contributed by atoms with Gasteiger partial charge in [0.15, 0.2) is 0 Å². The number of para-hydroxylation sites is 1. The normalized spacial score (nSPS) is 11.7. The predicted molar refractivity (Wildman–Crippen MR) is 103 cm³/mol. The highest BCUT2D eigenvalue weighted by molar-refractivity contribution is 5.84. The van der Waals surface area contributed by atoms with Gasteiger partial charge < -0.3 is 4.74 Å². The molecule has 0 aromatic heterocycles. The van der Waals surface area contributed by atoms with Gasteiger partial charge in [-0.25, -0.2) is 0 Å². The van der Waals surface area contributed by atoms with Crippen molar-refractivity contribution in [3.05, 3.63) is 59.7 Å². The number of alkyl halides is 3. The molecule has 0 fully saturated rings. The van der Waals surface area contributed by atoms with Crippen molar-refractivity contribution in [3.8, 4) is 5.75 Å². The van der Waals surface area contributed by atoms with Crippen LogP contribution >= 0.6 is 0 Å². The van der Waals surface area contributed by atoms with Crippen LogP contribution in [0.3, 0.4) is 0 Å². The van der Waals surface area contributed by atoms with E-state index in [1.54, 1.807) is 6.21 Å². The van der Waals surface area contributed by atoms with Crippen LogP contribution in [0.4, 0.5) is 18.9 Å². The van der Waals surface area contributed by atoms with Gasteiger partial charge in [0, 0.05) is 5.56 Å². The molecule has 0 unspecified atom stereocenters. The smallest absolute Gasteiger partial charge is 0.416 e. The molecular formula is C21H25F3N2O. The highest BCUT2D eigenvalue weighted by Crippen LogP contribution is 2.29. The van der Waals surface area contributed by atoms with E-state index in [0.717, 1.165) is 36.3 Å². The molecule has 0 aliphatic heterocycles. The van der Waals surface area contributed by atoms with Crippen molar-refractivity contribution in [3.63, 3.8) is 0 Å². The Bertz CT molecular complexity index is 712. The molecule has 0 bridgehead atoms. The maximum absolute atomic E-state index is 12.6. The highest BCUT2D eigenvalue weighted by Gasteiger charge is 2.29. The van der Waals surface area contributed by atoms with Crippen molar-refractivity contribution in [2.75, 3.05) is 12.0 Å². The SMILES string of the molecule is CCCCCCCOc1ccccc1C=NNc1ccc(C(F)(F)F)cc1. The van der Waals surface area contributed by atoms with Crippen LogP contribution in [0.25, 0.3) is 0 Å². The van der Waals surface area contributed by atoms with Crippen molar-refractivity contribution in [2.24, 2.45) is 5.10 Å². The lowest BCUT2D eigenvalue weighted by Crippen LogP contribution is -2.04. The molecule has 1 N–H and O–H groups in total. The van der Waals surface area contributed by atoms with Crippen molar-refractivity contribution in [2.45, 2.75) is 45.2 Å². The van der Waals surface area contributed by atoms with E-state index in [2.05, 4.69) is 17.5 Å². The number of ether oxygens (including phenoxy) is 1. The predicted octanol–water partition coefficient (Wildman–Crippen LogP) is 6.50. The number of rotatable bonds is 10. The van der Waals surface area contributed by atoms with Gasteiger partial charge in [-0.15, -0.1) is 0 Å². The summed E-state index contributed by atoms with van der Waals surface area (Å²) in [5.41, 5.74) is 3.34. The number of hydrazone groups is 1. The van der Waals surface area contributed by atoms with E-state index in [0.29, 0.717) is 12.3 Å². The monoisotopic (exact) mass is 378 g/mol. The highest BCUT2D eigenvalue weighted by atomic mass is 19.4. The molecule has 146 valence electrons. The summed E-state index contributed by atoms with van der Waals surface area (Å²) in [6, 6.07) is 12.3. The number of nitrogens with one attached hydrogen (secondary N) is 1. The first kappa shape index (κ1) is 20.8. The molecule has 0 saturated heterocycles. The van der Waals surface area contributed by atoms with Crippen LogP contribution in [0.2, 0.25) is 0 Å². The molecule has 6 heteroatoms. The maximum atomic E-state index is 12.6. The van der Waals surface area contributed by atoms with E-state index in [1.165, 1.54) is 31.4 Å². The molecule has 0 atom stereocenters. The van der Waals surface area contributed by atoms with Gasteiger partial charge in [-0.1, -0.05) is 44.7 Å². The minimum atomic E-state index is -4.34. The minimum absolute atomic E-state index is 0.480. The molecule has 3 nitrogen and oxygen atoms in total. The topological polar surface area (TPSA) is 33.6 Å². The fraction of sp³-hybridized carbons (Fsp3) is 0.381. The number of nitrogens with zero attached hydrogens (tertiary/aromatic N) is 1. The number of benzene rings is 2. The average molecular weight is 378 g/mol. The van der Waals surface area contributed by atoms with Gasteiger partial charge in [-0.05, 0) is 42.8 Å². The summed E-state index contributed by atoms with van der Waals surface area (Å²) in [7, 11) is 0. The van der Waals surface area contributed by atoms with E-state index in [4.69, 9.17) is 4.74 Å². The van der Waals surface area contributed by atoms with E-state index in [-0.39, 0.29) is 0 Å². The first-order chi connectivity index (χ1) is 13.0. The van der Waals surface area contributed by atoms with Crippen LogP contribution in [0.15, 0.2) is 53.6 Å². The molecule has 2 rings (SSSR count). The number of halogens is 3. The van der Waals surface area contributed by atoms with E-state index >= 15 is 0 Å². The Balaban J connectivity index is 1.87. The standard InChI is InChI=1S/C21H25F3N2O/c1-2-3-4-5-8-15-27-20-10-7-6-9-17(20)16-25-26-19-13-11-18(12-14-19)21(22,23)24/h6-7,9-14,16,26H,2-5,8,15H2,1H3. The number of anilines is 1. The first-order valence-corrected chi connectivity index (χ1v) is 9.19. The molecule has 0 spiro atoms. The summed E-state index contributed by atoms with van der Waals surface area (Å²) in [6.45, 7) is 2.84. The molecule has 0 heterocycles. The van der Waals surface area contributed by atoms with Gasteiger partial charge in [0.25, 0.3) is 0 Å². The summed E-state index contributed by atoms with van der Waals surface area (Å²) in [4.78, 5) is 0. The molecule has 0 saturated carbocycles. The number of hydrogen-bond acceptors (Lipinski definition) is 3. The molecule has 0 amide bonds. The third-order valence-corrected chi connectivity index (χ3v) is 4.03. The number of hydrogen-bond donors (Lipinski definition) is 1. The Labute approximate surface area is 158 Å². The lowest BCUT2D eigenvalue weighted by Gasteiger charge is -2.09. The van der Waals surface area contributed by atoms with Crippen LogP contribution in [-0.2, 0) is 6.18 Å². The zero-order chi connectivity index (χ0) is 19.5. The third-order valence-electron chi connectivity index (χ3n) is 4.03. The van der Waals surface area contributed by atoms with Crippen LogP contribution in [0.5, 0.6) is 5.75 Å². The van der Waals surface area contributed by atoms with Crippen LogP contribution in [0.1, 0.15) is 50.2 Å². The summed E-state index contributed by atoms with van der Waals surface area (Å²) < 4.78 is 43.5. The lowest BCUT2D eigenvalue weighted by atomic mass is 10.2. The van der Waals surface area contributed by atoms with Crippen molar-refractivity contribution in [1.29, 1.82) is 0 Å². The van der Waals surface area contributed by atoms with Gasteiger partial charge in [-0.2, -0.15) is 18.3 Å². The van der Waals surface area contributed by atoms with Gasteiger partial charge in [0.05, 0.1) is 24.1 Å². The Morgan fingerprint density at radius 1 is 0.963 bits per heavy atom. The number of unbranched alkanes of at least 4 members (excludes halogenated alkanes) is 4. The van der Waals surface area contributed by atoms with Gasteiger partial charge in [-0.3, -0.25) is 5.43 Å². The van der Waals surface area contributed by atoms with Crippen molar-refractivity contribution >= 4 is 11.9 Å². The average Bonchev–Trinajstić information content (AvgIpc) is 2.65. The van der Waals surface area contributed by atoms with Crippen molar-refractivity contribution < 1.29 is 17.9 Å². The molecule has 2 aromatic carbocycles. The fourth-order valence-corrected chi connectivity index (χ4v) is 2.52. The Kier molecular flexibility index (Phi) is 8.17. The van der Waals surface area contributed by atoms with E-state index < -0.39 is 11.7 Å². The van der Waals surface area contributed by atoms with Gasteiger partial charge >= 0.3 is 6.18 Å². The molecule has 27 heavy (non-hydrogen) atoms. The summed E-state index contributed by atoms with van der Waals surface area (Å²) >= 11 is 0. The van der Waals surface area contributed by atoms with Crippen LogP contribution < -0.4 is 10.2 Å². The zero-order valence-corrected chi connectivity index (χ0v) is 15.4. The molecule has 0 aliphatic rings. The second kappa shape index (κ2) is 10.6. The van der Waals surface area contributed by atoms with Crippen LogP contribution in [0, 0.1) is 0 Å². The Morgan fingerprint density at radius 2 is 1.67 bits per heavy atom. The van der Waals surface area contributed by atoms with Crippen molar-refractivity contribution in [1.82, 2.24) is 0 Å². The van der Waals surface area contributed by atoms with E-state index in [1.807, 2.05) is 24.3 Å². The lowest BCUT2D eigenvalue weighted by molar-refractivity contribution is -0.137. The summed E-state index contributed by atoms with van der Waals surface area (Å²) in [6.07, 6.45) is 3.11. The molecule has 2 aromatic rings. The minimum Gasteiger partial charge on any atom is -0.493 e. The maximum Gasteiger partial charge on any atom is 0.416 e.